The lowest BCUT2D eigenvalue weighted by molar-refractivity contribution is -0.898. The number of anilines is 2. The first kappa shape index (κ1) is 17.8. The van der Waals surface area contributed by atoms with Crippen molar-refractivity contribution in [2.45, 2.75) is 13.8 Å². The number of amides is 1. The van der Waals surface area contributed by atoms with Crippen LogP contribution in [0.4, 0.5) is 11.4 Å². The molecule has 2 N–H and O–H groups in total. The largest absolute Gasteiger partial charge is 0.359 e. The Morgan fingerprint density at radius 3 is 2.64 bits per heavy atom. The molecule has 1 heterocycles. The van der Waals surface area contributed by atoms with Gasteiger partial charge in [0.1, 0.15) is 0 Å². The molecule has 25 heavy (non-hydrogen) atoms. The quantitative estimate of drug-likeness (QED) is 0.881. The van der Waals surface area contributed by atoms with Crippen LogP contribution in [0.3, 0.4) is 0 Å². The van der Waals surface area contributed by atoms with Crippen molar-refractivity contribution in [2.75, 3.05) is 42.9 Å². The maximum atomic E-state index is 12.6. The van der Waals surface area contributed by atoms with Crippen molar-refractivity contribution in [3.8, 4) is 0 Å². The van der Waals surface area contributed by atoms with E-state index < -0.39 is 0 Å². The fraction of sp³-hybridized carbons (Fsp3) is 0.350. The van der Waals surface area contributed by atoms with Crippen LogP contribution in [0.5, 0.6) is 0 Å². The third kappa shape index (κ3) is 4.33. The summed E-state index contributed by atoms with van der Waals surface area (Å²) < 4.78 is 0. The van der Waals surface area contributed by atoms with Crippen molar-refractivity contribution in [3.05, 3.63) is 58.6 Å². The first-order valence-corrected chi connectivity index (χ1v) is 9.20. The SMILES string of the molecule is CC[NH+]1CCN(c2ccc(Cl)cc2NC(=O)c2cccc(C)c2)CC1. The number of quaternary nitrogens is 1. The smallest absolute Gasteiger partial charge is 0.255 e. The Balaban J connectivity index is 1.81. The number of hydrogen-bond acceptors (Lipinski definition) is 2. The zero-order valence-electron chi connectivity index (χ0n) is 14.8. The molecule has 1 aliphatic rings. The molecule has 2 aromatic carbocycles. The number of hydrogen-bond donors (Lipinski definition) is 2. The predicted molar refractivity (Wildman–Crippen MR) is 104 cm³/mol. The molecule has 1 amide bonds. The Morgan fingerprint density at radius 1 is 1.20 bits per heavy atom. The summed E-state index contributed by atoms with van der Waals surface area (Å²) in [4.78, 5) is 16.6. The number of aryl methyl sites for hydroxylation is 1. The lowest BCUT2D eigenvalue weighted by Crippen LogP contribution is -3.14. The molecule has 0 bridgehead atoms. The second kappa shape index (κ2) is 7.89. The second-order valence-corrected chi connectivity index (χ2v) is 7.01. The highest BCUT2D eigenvalue weighted by molar-refractivity contribution is 6.31. The number of nitrogens with zero attached hydrogens (tertiary/aromatic N) is 1. The van der Waals surface area contributed by atoms with Crippen molar-refractivity contribution in [1.82, 2.24) is 0 Å². The van der Waals surface area contributed by atoms with Crippen molar-refractivity contribution >= 4 is 28.9 Å². The minimum Gasteiger partial charge on any atom is -0.359 e. The van der Waals surface area contributed by atoms with Crippen LogP contribution in [0, 0.1) is 6.92 Å². The van der Waals surface area contributed by atoms with Crippen molar-refractivity contribution in [1.29, 1.82) is 0 Å². The molecule has 2 aromatic rings. The minimum absolute atomic E-state index is 0.106. The molecular weight excluding hydrogens is 334 g/mol. The number of rotatable bonds is 4. The van der Waals surface area contributed by atoms with E-state index in [1.165, 1.54) is 0 Å². The van der Waals surface area contributed by atoms with Crippen LogP contribution in [0.1, 0.15) is 22.8 Å². The van der Waals surface area contributed by atoms with Gasteiger partial charge >= 0.3 is 0 Å². The zero-order valence-corrected chi connectivity index (χ0v) is 15.6. The van der Waals surface area contributed by atoms with E-state index in [9.17, 15) is 4.79 Å². The fourth-order valence-electron chi connectivity index (χ4n) is 3.28. The average Bonchev–Trinajstić information content (AvgIpc) is 2.62. The van der Waals surface area contributed by atoms with Gasteiger partial charge in [-0.25, -0.2) is 0 Å². The number of halogens is 1. The zero-order chi connectivity index (χ0) is 17.8. The molecule has 0 aliphatic carbocycles. The van der Waals surface area contributed by atoms with E-state index in [1.807, 2.05) is 49.4 Å². The summed E-state index contributed by atoms with van der Waals surface area (Å²) in [5, 5.41) is 3.67. The first-order valence-electron chi connectivity index (χ1n) is 8.83. The molecule has 5 heteroatoms. The van der Waals surface area contributed by atoms with Crippen LogP contribution in [0.25, 0.3) is 0 Å². The standard InChI is InChI=1S/C20H24ClN3O/c1-3-23-9-11-24(12-10-23)19-8-7-17(21)14-18(19)22-20(25)16-6-4-5-15(2)13-16/h4-8,13-14H,3,9-12H2,1-2H3,(H,22,25)/p+1. The maximum Gasteiger partial charge on any atom is 0.255 e. The lowest BCUT2D eigenvalue weighted by atomic mass is 10.1. The van der Waals surface area contributed by atoms with E-state index in [4.69, 9.17) is 11.6 Å². The number of carbonyl (C=O) groups is 1. The molecule has 0 unspecified atom stereocenters. The van der Waals surface area contributed by atoms with E-state index in [1.54, 1.807) is 4.90 Å². The Morgan fingerprint density at radius 2 is 1.96 bits per heavy atom. The molecule has 3 rings (SSSR count). The van der Waals surface area contributed by atoms with Crippen molar-refractivity contribution in [2.24, 2.45) is 0 Å². The van der Waals surface area contributed by atoms with E-state index in [-0.39, 0.29) is 5.91 Å². The van der Waals surface area contributed by atoms with Crippen molar-refractivity contribution < 1.29 is 9.69 Å². The second-order valence-electron chi connectivity index (χ2n) is 6.58. The molecule has 132 valence electrons. The van der Waals surface area contributed by atoms with Gasteiger partial charge in [0.05, 0.1) is 44.1 Å². The Hall–Kier alpha value is -2.04. The van der Waals surface area contributed by atoms with Crippen LogP contribution >= 0.6 is 11.6 Å². The lowest BCUT2D eigenvalue weighted by Gasteiger charge is -2.34. The minimum atomic E-state index is -0.106. The Labute approximate surface area is 154 Å². The highest BCUT2D eigenvalue weighted by Crippen LogP contribution is 2.29. The summed E-state index contributed by atoms with van der Waals surface area (Å²) in [7, 11) is 0. The molecule has 1 fully saturated rings. The van der Waals surface area contributed by atoms with Gasteiger partial charge in [0.15, 0.2) is 0 Å². The van der Waals surface area contributed by atoms with E-state index in [0.717, 1.165) is 49.7 Å². The van der Waals surface area contributed by atoms with Gasteiger partial charge in [-0.15, -0.1) is 0 Å². The average molecular weight is 359 g/mol. The molecule has 4 nitrogen and oxygen atoms in total. The summed E-state index contributed by atoms with van der Waals surface area (Å²) >= 11 is 6.18. The number of likely N-dealkylation sites (N-methyl/N-ethyl adjacent to an activating group) is 1. The van der Waals surface area contributed by atoms with Gasteiger partial charge in [0, 0.05) is 10.6 Å². The molecule has 0 atom stereocenters. The van der Waals surface area contributed by atoms with Crippen LogP contribution in [-0.2, 0) is 0 Å². The fourth-order valence-corrected chi connectivity index (χ4v) is 3.45. The van der Waals surface area contributed by atoms with Gasteiger partial charge in [-0.05, 0) is 44.2 Å². The highest BCUT2D eigenvalue weighted by atomic mass is 35.5. The van der Waals surface area contributed by atoms with Gasteiger partial charge in [-0.1, -0.05) is 29.3 Å². The van der Waals surface area contributed by atoms with Gasteiger partial charge < -0.3 is 15.1 Å². The van der Waals surface area contributed by atoms with Crippen LogP contribution in [-0.4, -0.2) is 38.6 Å². The molecule has 0 aromatic heterocycles. The summed E-state index contributed by atoms with van der Waals surface area (Å²) in [6, 6.07) is 13.3. The van der Waals surface area contributed by atoms with Gasteiger partial charge in [0.25, 0.3) is 5.91 Å². The molecule has 0 saturated carbocycles. The van der Waals surface area contributed by atoms with Crippen LogP contribution in [0.2, 0.25) is 5.02 Å². The summed E-state index contributed by atoms with van der Waals surface area (Å²) in [5.41, 5.74) is 3.54. The first-order chi connectivity index (χ1) is 12.1. The van der Waals surface area contributed by atoms with E-state index in [2.05, 4.69) is 17.1 Å². The molecule has 1 aliphatic heterocycles. The Bertz CT molecular complexity index is 754. The van der Waals surface area contributed by atoms with Gasteiger partial charge in [0.2, 0.25) is 0 Å². The summed E-state index contributed by atoms with van der Waals surface area (Å²) in [6.45, 7) is 9.56. The third-order valence-electron chi connectivity index (χ3n) is 4.80. The number of nitrogens with one attached hydrogen (secondary N) is 2. The van der Waals surface area contributed by atoms with Crippen LogP contribution < -0.4 is 15.1 Å². The highest BCUT2D eigenvalue weighted by Gasteiger charge is 2.21. The number of benzene rings is 2. The number of piperazine rings is 1. The summed E-state index contributed by atoms with van der Waals surface area (Å²) in [5.74, 6) is -0.106. The van der Waals surface area contributed by atoms with Crippen LogP contribution in [0.15, 0.2) is 42.5 Å². The topological polar surface area (TPSA) is 36.8 Å². The normalized spacial score (nSPS) is 15.2. The number of carbonyl (C=O) groups excluding carboxylic acids is 1. The van der Waals surface area contributed by atoms with Gasteiger partial charge in [-0.2, -0.15) is 0 Å². The van der Waals surface area contributed by atoms with E-state index >= 15 is 0 Å². The molecule has 1 saturated heterocycles. The predicted octanol–water partition coefficient (Wildman–Crippen LogP) is 2.63. The van der Waals surface area contributed by atoms with Crippen molar-refractivity contribution in [3.63, 3.8) is 0 Å². The van der Waals surface area contributed by atoms with Gasteiger partial charge in [-0.3, -0.25) is 4.79 Å². The monoisotopic (exact) mass is 358 g/mol. The van der Waals surface area contributed by atoms with E-state index in [0.29, 0.717) is 10.6 Å². The molecule has 0 spiro atoms. The summed E-state index contributed by atoms with van der Waals surface area (Å²) in [6.07, 6.45) is 0. The third-order valence-corrected chi connectivity index (χ3v) is 5.03. The molecular formula is C20H25ClN3O+. The Kier molecular flexibility index (Phi) is 5.61. The maximum absolute atomic E-state index is 12.6. The molecule has 0 radical (unpaired) electrons.